The fraction of sp³-hybridized carbons (Fsp3) is 0.240. The van der Waals surface area contributed by atoms with E-state index in [1.54, 1.807) is 53.3 Å². The van der Waals surface area contributed by atoms with Crippen molar-refractivity contribution in [2.45, 2.75) is 39.8 Å². The molecule has 4 aromatic rings. The first kappa shape index (κ1) is 22.9. The second-order valence-electron chi connectivity index (χ2n) is 8.13. The molecule has 0 radical (unpaired) electrons. The maximum atomic E-state index is 13.1. The molecule has 0 aliphatic rings. The highest BCUT2D eigenvalue weighted by Gasteiger charge is 2.24. The van der Waals surface area contributed by atoms with Gasteiger partial charge in [0.1, 0.15) is 5.69 Å². The van der Waals surface area contributed by atoms with Gasteiger partial charge in [-0.15, -0.1) is 0 Å². The number of ketones is 1. The van der Waals surface area contributed by atoms with Crippen LogP contribution in [0.2, 0.25) is 0 Å². The van der Waals surface area contributed by atoms with E-state index >= 15 is 0 Å². The fourth-order valence-corrected chi connectivity index (χ4v) is 3.45. The predicted octanol–water partition coefficient (Wildman–Crippen LogP) is 4.66. The van der Waals surface area contributed by atoms with Crippen LogP contribution >= 0.6 is 0 Å². The number of ether oxygens (including phenoxy) is 1. The normalized spacial score (nSPS) is 12.0. The number of nitrogens with zero attached hydrogens (tertiary/aromatic N) is 3. The number of hydrogen-bond acceptors (Lipinski definition) is 7. The number of pyridine rings is 1. The average Bonchev–Trinajstić information content (AvgIpc) is 3.48. The minimum Gasteiger partial charge on any atom is -0.463 e. The lowest BCUT2D eigenvalue weighted by Crippen LogP contribution is -2.30. The van der Waals surface area contributed by atoms with Crippen LogP contribution in [-0.2, 0) is 9.53 Å². The van der Waals surface area contributed by atoms with Gasteiger partial charge < -0.3 is 14.5 Å². The van der Waals surface area contributed by atoms with Crippen molar-refractivity contribution >= 4 is 34.4 Å². The van der Waals surface area contributed by atoms with Gasteiger partial charge in [0.15, 0.2) is 23.3 Å². The van der Waals surface area contributed by atoms with Crippen LogP contribution in [0.25, 0.3) is 22.5 Å². The molecule has 1 N–H and O–H groups in total. The summed E-state index contributed by atoms with van der Waals surface area (Å²) in [6.45, 7) is 6.84. The molecule has 1 aromatic carbocycles. The highest BCUT2D eigenvalue weighted by atomic mass is 16.5. The third-order valence-corrected chi connectivity index (χ3v) is 5.24. The maximum absolute atomic E-state index is 13.1. The number of rotatable bonds is 7. The molecule has 3 aromatic heterocycles. The van der Waals surface area contributed by atoms with Crippen LogP contribution < -0.4 is 5.32 Å². The molecule has 174 valence electrons. The molecule has 0 fully saturated rings. The first-order valence-corrected chi connectivity index (χ1v) is 10.8. The van der Waals surface area contributed by atoms with Gasteiger partial charge in [-0.2, -0.15) is 5.10 Å². The summed E-state index contributed by atoms with van der Waals surface area (Å²) in [5, 5.41) is 7.54. The minimum atomic E-state index is -1.09. The lowest BCUT2D eigenvalue weighted by atomic mass is 10.1. The highest BCUT2D eigenvalue weighted by molar-refractivity contribution is 6.05. The van der Waals surface area contributed by atoms with Gasteiger partial charge in [0.05, 0.1) is 23.4 Å². The third kappa shape index (κ3) is 4.59. The Labute approximate surface area is 195 Å². The lowest BCUT2D eigenvalue weighted by Gasteiger charge is -2.15. The lowest BCUT2D eigenvalue weighted by molar-refractivity contribution is -0.123. The number of Topliss-reactive ketones (excluding diaryl/α,β-unsaturated/α-hetero) is 1. The molecule has 4 rings (SSSR count). The molecule has 9 nitrogen and oxygen atoms in total. The Morgan fingerprint density at radius 3 is 2.56 bits per heavy atom. The van der Waals surface area contributed by atoms with Crippen LogP contribution in [0.5, 0.6) is 0 Å². The van der Waals surface area contributed by atoms with Crippen LogP contribution in [0.15, 0.2) is 59.3 Å². The van der Waals surface area contributed by atoms with E-state index in [9.17, 15) is 14.4 Å². The first-order valence-electron chi connectivity index (χ1n) is 10.8. The Hall–Kier alpha value is -4.27. The van der Waals surface area contributed by atoms with Gasteiger partial charge in [0.2, 0.25) is 0 Å². The number of esters is 1. The number of carbonyl (C=O) groups is 3. The highest BCUT2D eigenvalue weighted by Crippen LogP contribution is 2.27. The molecule has 34 heavy (non-hydrogen) atoms. The molecule has 3 heterocycles. The Bertz CT molecular complexity index is 1370. The summed E-state index contributed by atoms with van der Waals surface area (Å²) in [5.74, 6) is -0.845. The van der Waals surface area contributed by atoms with Gasteiger partial charge in [-0.1, -0.05) is 12.1 Å². The van der Waals surface area contributed by atoms with Crippen LogP contribution in [0.4, 0.5) is 5.69 Å². The number of furan rings is 1. The van der Waals surface area contributed by atoms with E-state index in [1.807, 2.05) is 13.8 Å². The molecular formula is C25H24N4O5. The summed E-state index contributed by atoms with van der Waals surface area (Å²) in [7, 11) is 0. The number of amides is 1. The van der Waals surface area contributed by atoms with E-state index in [2.05, 4.69) is 15.4 Å². The zero-order chi connectivity index (χ0) is 24.4. The van der Waals surface area contributed by atoms with Gasteiger partial charge in [-0.25, -0.2) is 14.5 Å². The van der Waals surface area contributed by atoms with Crippen molar-refractivity contribution in [3.8, 4) is 11.5 Å². The molecule has 1 unspecified atom stereocenters. The number of anilines is 1. The molecule has 0 saturated carbocycles. The zero-order valence-corrected chi connectivity index (χ0v) is 19.2. The predicted molar refractivity (Wildman–Crippen MR) is 126 cm³/mol. The summed E-state index contributed by atoms with van der Waals surface area (Å²) < 4.78 is 12.6. The summed E-state index contributed by atoms with van der Waals surface area (Å²) in [6.07, 6.45) is 1.99. The quantitative estimate of drug-likeness (QED) is 0.315. The Kier molecular flexibility index (Phi) is 6.27. The van der Waals surface area contributed by atoms with E-state index in [4.69, 9.17) is 9.15 Å². The first-order chi connectivity index (χ1) is 16.2. The molecule has 0 spiro atoms. The Morgan fingerprint density at radius 1 is 1.09 bits per heavy atom. The van der Waals surface area contributed by atoms with Crippen molar-refractivity contribution in [1.29, 1.82) is 0 Å². The largest absolute Gasteiger partial charge is 0.463 e. The van der Waals surface area contributed by atoms with Crippen molar-refractivity contribution in [3.63, 3.8) is 0 Å². The van der Waals surface area contributed by atoms with Gasteiger partial charge in [-0.3, -0.25) is 9.59 Å². The number of hydrogen-bond donors (Lipinski definition) is 1. The van der Waals surface area contributed by atoms with Crippen molar-refractivity contribution in [1.82, 2.24) is 14.8 Å². The van der Waals surface area contributed by atoms with Crippen LogP contribution in [0, 0.1) is 0 Å². The molecule has 9 heteroatoms. The second-order valence-corrected chi connectivity index (χ2v) is 8.13. The summed E-state index contributed by atoms with van der Waals surface area (Å²) in [6, 6.07) is 11.6. The summed E-state index contributed by atoms with van der Waals surface area (Å²) in [5.41, 5.74) is 2.08. The van der Waals surface area contributed by atoms with Crippen LogP contribution in [-0.4, -0.2) is 38.5 Å². The average molecular weight is 460 g/mol. The van der Waals surface area contributed by atoms with Gasteiger partial charge in [0, 0.05) is 17.3 Å². The molecule has 0 aliphatic carbocycles. The van der Waals surface area contributed by atoms with E-state index in [0.717, 1.165) is 0 Å². The zero-order valence-electron chi connectivity index (χ0n) is 19.2. The number of aromatic nitrogens is 3. The van der Waals surface area contributed by atoms with Gasteiger partial charge >= 0.3 is 5.97 Å². The van der Waals surface area contributed by atoms with Gasteiger partial charge in [0.25, 0.3) is 5.91 Å². The van der Waals surface area contributed by atoms with Crippen molar-refractivity contribution in [3.05, 3.63) is 66.1 Å². The van der Waals surface area contributed by atoms with Crippen molar-refractivity contribution in [2.24, 2.45) is 0 Å². The standard InChI is InChI=1S/C25H24N4O5/c1-14(2)29-23-20(13-26-29)19(12-21(28-23)22-9-6-10-33-22)25(32)34-16(4)24(31)27-18-8-5-7-17(11-18)15(3)30/h5-14,16H,1-4H3,(H,27,31). The Morgan fingerprint density at radius 2 is 1.88 bits per heavy atom. The minimum absolute atomic E-state index is 0.0104. The molecule has 0 bridgehead atoms. The number of fused-ring (bicyclic) bond motifs is 1. The maximum Gasteiger partial charge on any atom is 0.339 e. The second kappa shape index (κ2) is 9.30. The molecule has 0 aliphatic heterocycles. The summed E-state index contributed by atoms with van der Waals surface area (Å²) in [4.78, 5) is 42.0. The van der Waals surface area contributed by atoms with E-state index in [0.29, 0.717) is 33.7 Å². The smallest absolute Gasteiger partial charge is 0.339 e. The monoisotopic (exact) mass is 460 g/mol. The van der Waals surface area contributed by atoms with Crippen molar-refractivity contribution in [2.75, 3.05) is 5.32 Å². The number of benzene rings is 1. The van der Waals surface area contributed by atoms with Crippen LogP contribution in [0.1, 0.15) is 54.5 Å². The van der Waals surface area contributed by atoms with E-state index in [-0.39, 0.29) is 17.4 Å². The van der Waals surface area contributed by atoms with Crippen LogP contribution in [0.3, 0.4) is 0 Å². The van der Waals surface area contributed by atoms with E-state index < -0.39 is 18.0 Å². The number of carbonyl (C=O) groups excluding carboxylic acids is 3. The Balaban J connectivity index is 1.60. The van der Waals surface area contributed by atoms with Gasteiger partial charge in [-0.05, 0) is 58.0 Å². The SMILES string of the molecule is CC(=O)c1cccc(NC(=O)C(C)OC(=O)c2cc(-c3ccco3)nc3c2cnn3C(C)C)c1. The summed E-state index contributed by atoms with van der Waals surface area (Å²) >= 11 is 0. The van der Waals surface area contributed by atoms with Crippen molar-refractivity contribution < 1.29 is 23.5 Å². The topological polar surface area (TPSA) is 116 Å². The molecule has 1 amide bonds. The number of nitrogens with one attached hydrogen (secondary N) is 1. The molecule has 0 saturated heterocycles. The third-order valence-electron chi connectivity index (χ3n) is 5.24. The van der Waals surface area contributed by atoms with E-state index in [1.165, 1.54) is 20.1 Å². The molecule has 1 atom stereocenters. The molecular weight excluding hydrogens is 436 g/mol. The fourth-order valence-electron chi connectivity index (χ4n) is 3.45.